The summed E-state index contributed by atoms with van der Waals surface area (Å²) in [5.41, 5.74) is 0.0237. The van der Waals surface area contributed by atoms with E-state index in [1.807, 2.05) is 38.1 Å². The lowest BCUT2D eigenvalue weighted by Crippen LogP contribution is -2.15. The standard InChI is InChI=1S/C24H25N3O4/c1-24(2)18(14-26-29-15-16-11-12-16)22(24)23(28)31-20(13-25)19-9-6-10-21(27-19)30-17-7-4-3-5-8-17/h3-10,14,16,18,20,22H,11-12,15H2,1-2H3/b26-14+. The van der Waals surface area contributed by atoms with E-state index in [0.717, 1.165) is 0 Å². The van der Waals surface area contributed by atoms with Gasteiger partial charge < -0.3 is 14.3 Å². The molecular formula is C24H25N3O4. The first-order valence-corrected chi connectivity index (χ1v) is 10.4. The molecule has 0 amide bonds. The number of rotatable bonds is 9. The molecule has 31 heavy (non-hydrogen) atoms. The largest absolute Gasteiger partial charge is 0.440 e. The first-order valence-electron chi connectivity index (χ1n) is 10.4. The van der Waals surface area contributed by atoms with Gasteiger partial charge in [0.15, 0.2) is 0 Å². The van der Waals surface area contributed by atoms with Crippen molar-refractivity contribution in [1.82, 2.24) is 4.98 Å². The molecule has 2 fully saturated rings. The summed E-state index contributed by atoms with van der Waals surface area (Å²) in [6.07, 6.45) is 2.95. The fraction of sp³-hybridized carbons (Fsp3) is 0.417. The Morgan fingerprint density at radius 3 is 2.74 bits per heavy atom. The van der Waals surface area contributed by atoms with Crippen LogP contribution in [0, 0.1) is 34.5 Å². The van der Waals surface area contributed by atoms with E-state index in [9.17, 15) is 10.1 Å². The van der Waals surface area contributed by atoms with Crippen molar-refractivity contribution in [2.45, 2.75) is 32.8 Å². The van der Waals surface area contributed by atoms with Gasteiger partial charge in [-0.05, 0) is 42.4 Å². The quantitative estimate of drug-likeness (QED) is 0.333. The maximum atomic E-state index is 12.8. The molecule has 4 rings (SSSR count). The first kappa shape index (κ1) is 20.9. The van der Waals surface area contributed by atoms with Crippen LogP contribution < -0.4 is 4.74 Å². The highest BCUT2D eigenvalue weighted by Crippen LogP contribution is 2.58. The van der Waals surface area contributed by atoms with Crippen molar-refractivity contribution >= 4 is 12.2 Å². The van der Waals surface area contributed by atoms with E-state index in [0.29, 0.717) is 29.8 Å². The van der Waals surface area contributed by atoms with Crippen LogP contribution in [0.15, 0.2) is 53.7 Å². The molecule has 0 spiro atoms. The molecule has 0 aliphatic heterocycles. The molecule has 1 heterocycles. The Bertz CT molecular complexity index is 995. The second kappa shape index (κ2) is 8.76. The van der Waals surface area contributed by atoms with Crippen LogP contribution in [0.4, 0.5) is 0 Å². The molecule has 2 saturated carbocycles. The minimum Gasteiger partial charge on any atom is -0.440 e. The van der Waals surface area contributed by atoms with Crippen LogP contribution in [0.2, 0.25) is 0 Å². The lowest BCUT2D eigenvalue weighted by molar-refractivity contribution is -0.149. The van der Waals surface area contributed by atoms with E-state index in [4.69, 9.17) is 14.3 Å². The zero-order chi connectivity index (χ0) is 21.8. The van der Waals surface area contributed by atoms with Gasteiger partial charge in [-0.15, -0.1) is 0 Å². The summed E-state index contributed by atoms with van der Waals surface area (Å²) in [4.78, 5) is 22.4. The van der Waals surface area contributed by atoms with Gasteiger partial charge in [0.05, 0.1) is 11.6 Å². The number of nitrogens with zero attached hydrogens (tertiary/aromatic N) is 3. The minimum absolute atomic E-state index is 0.0840. The van der Waals surface area contributed by atoms with Crippen molar-refractivity contribution in [3.8, 4) is 17.7 Å². The van der Waals surface area contributed by atoms with Crippen molar-refractivity contribution in [3.05, 3.63) is 54.2 Å². The minimum atomic E-state index is -1.12. The molecule has 2 aliphatic rings. The van der Waals surface area contributed by atoms with Crippen LogP contribution in [-0.4, -0.2) is 23.8 Å². The average molecular weight is 419 g/mol. The maximum absolute atomic E-state index is 12.8. The Hall–Kier alpha value is -3.40. The SMILES string of the molecule is CC1(C)C(/C=N/OCC2CC2)C1C(=O)OC(C#N)c1cccc(Oc2ccccc2)n1. The number of esters is 1. The molecule has 3 atom stereocenters. The van der Waals surface area contributed by atoms with Crippen molar-refractivity contribution in [2.75, 3.05) is 6.61 Å². The fourth-order valence-electron chi connectivity index (χ4n) is 3.53. The summed E-state index contributed by atoms with van der Waals surface area (Å²) in [6.45, 7) is 4.58. The topological polar surface area (TPSA) is 93.8 Å². The zero-order valence-corrected chi connectivity index (χ0v) is 17.6. The highest BCUT2D eigenvalue weighted by atomic mass is 16.6. The van der Waals surface area contributed by atoms with Crippen molar-refractivity contribution in [1.29, 1.82) is 5.26 Å². The van der Waals surface area contributed by atoms with Crippen LogP contribution >= 0.6 is 0 Å². The number of hydrogen-bond acceptors (Lipinski definition) is 7. The van der Waals surface area contributed by atoms with Crippen LogP contribution in [-0.2, 0) is 14.4 Å². The summed E-state index contributed by atoms with van der Waals surface area (Å²) in [6, 6.07) is 16.3. The fourth-order valence-corrected chi connectivity index (χ4v) is 3.53. The molecule has 2 aliphatic carbocycles. The molecular weight excluding hydrogens is 394 g/mol. The van der Waals surface area contributed by atoms with E-state index >= 15 is 0 Å². The number of ether oxygens (including phenoxy) is 2. The van der Waals surface area contributed by atoms with Gasteiger partial charge in [0.25, 0.3) is 0 Å². The van der Waals surface area contributed by atoms with Crippen molar-refractivity contribution in [2.24, 2.45) is 28.3 Å². The number of hydrogen-bond donors (Lipinski definition) is 0. The molecule has 0 radical (unpaired) electrons. The average Bonchev–Trinajstić information content (AvgIpc) is 3.67. The molecule has 0 bridgehead atoms. The summed E-state index contributed by atoms with van der Waals surface area (Å²) < 4.78 is 11.2. The Balaban J connectivity index is 1.37. The van der Waals surface area contributed by atoms with Gasteiger partial charge in [0, 0.05) is 18.2 Å². The summed E-state index contributed by atoms with van der Waals surface area (Å²) >= 11 is 0. The molecule has 160 valence electrons. The van der Waals surface area contributed by atoms with Gasteiger partial charge in [-0.2, -0.15) is 5.26 Å². The highest BCUT2D eigenvalue weighted by Gasteiger charge is 2.62. The number of carbonyl (C=O) groups is 1. The molecule has 7 nitrogen and oxygen atoms in total. The number of benzene rings is 1. The molecule has 7 heteroatoms. The maximum Gasteiger partial charge on any atom is 0.311 e. The molecule has 3 unspecified atom stereocenters. The molecule has 2 aromatic rings. The van der Waals surface area contributed by atoms with Gasteiger partial charge in [0.2, 0.25) is 12.0 Å². The van der Waals surface area contributed by atoms with Gasteiger partial charge in [-0.1, -0.05) is 43.3 Å². The monoisotopic (exact) mass is 419 g/mol. The molecule has 1 aromatic heterocycles. The number of nitriles is 1. The van der Waals surface area contributed by atoms with E-state index in [-0.39, 0.29) is 17.3 Å². The normalized spacial score (nSPS) is 22.4. The number of oxime groups is 1. The van der Waals surface area contributed by atoms with E-state index in [2.05, 4.69) is 10.1 Å². The Morgan fingerprint density at radius 1 is 1.26 bits per heavy atom. The molecule has 1 aromatic carbocycles. The number of aromatic nitrogens is 1. The molecule has 0 N–H and O–H groups in total. The van der Waals surface area contributed by atoms with Crippen molar-refractivity contribution < 1.29 is 19.1 Å². The highest BCUT2D eigenvalue weighted by molar-refractivity contribution is 5.85. The van der Waals surface area contributed by atoms with E-state index in [1.165, 1.54) is 12.8 Å². The lowest BCUT2D eigenvalue weighted by Gasteiger charge is -2.12. The summed E-state index contributed by atoms with van der Waals surface area (Å²) in [5, 5.41) is 13.6. The molecule has 0 saturated heterocycles. The smallest absolute Gasteiger partial charge is 0.311 e. The summed E-state index contributed by atoms with van der Waals surface area (Å²) in [5.74, 6) is 0.676. The Kier molecular flexibility index (Phi) is 5.90. The Labute approximate surface area is 181 Å². The van der Waals surface area contributed by atoms with Gasteiger partial charge >= 0.3 is 5.97 Å². The predicted octanol–water partition coefficient (Wildman–Crippen LogP) is 4.67. The number of pyridine rings is 1. The van der Waals surface area contributed by atoms with Gasteiger partial charge in [-0.3, -0.25) is 4.79 Å². The van der Waals surface area contributed by atoms with Crippen LogP contribution in [0.25, 0.3) is 0 Å². The third kappa shape index (κ3) is 5.02. The first-order chi connectivity index (χ1) is 15.0. The summed E-state index contributed by atoms with van der Waals surface area (Å²) in [7, 11) is 0. The van der Waals surface area contributed by atoms with Crippen LogP contribution in [0.5, 0.6) is 11.6 Å². The lowest BCUT2D eigenvalue weighted by atomic mass is 10.1. The van der Waals surface area contributed by atoms with E-state index in [1.54, 1.807) is 36.5 Å². The van der Waals surface area contributed by atoms with Crippen LogP contribution in [0.1, 0.15) is 38.5 Å². The predicted molar refractivity (Wildman–Crippen MR) is 113 cm³/mol. The number of carbonyl (C=O) groups excluding carboxylic acids is 1. The Morgan fingerprint density at radius 2 is 2.03 bits per heavy atom. The van der Waals surface area contributed by atoms with Crippen molar-refractivity contribution in [3.63, 3.8) is 0 Å². The second-order valence-corrected chi connectivity index (χ2v) is 8.58. The van der Waals surface area contributed by atoms with Gasteiger partial charge in [0.1, 0.15) is 18.4 Å². The van der Waals surface area contributed by atoms with Crippen LogP contribution in [0.3, 0.4) is 0 Å². The van der Waals surface area contributed by atoms with Gasteiger partial charge in [-0.25, -0.2) is 4.98 Å². The van der Waals surface area contributed by atoms with E-state index < -0.39 is 12.1 Å². The third-order valence-corrected chi connectivity index (χ3v) is 5.80. The zero-order valence-electron chi connectivity index (χ0n) is 17.6. The third-order valence-electron chi connectivity index (χ3n) is 5.80. The second-order valence-electron chi connectivity index (χ2n) is 8.58. The number of para-hydroxylation sites is 1.